The quantitative estimate of drug-likeness (QED) is 0.540. The number of rotatable bonds is 0. The predicted molar refractivity (Wildman–Crippen MR) is 36.9 cm³/mol. The number of hydrogen-bond donors (Lipinski definition) is 0. The van der Waals surface area contributed by atoms with Gasteiger partial charge in [-0.15, -0.1) is 0 Å². The lowest BCUT2D eigenvalue weighted by Crippen LogP contribution is -1.98. The zero-order valence-corrected chi connectivity index (χ0v) is 5.44. The maximum Gasteiger partial charge on any atom is 0.356 e. The van der Waals surface area contributed by atoms with Crippen molar-refractivity contribution >= 4 is 11.2 Å². The molecule has 0 atom stereocenters. The van der Waals surface area contributed by atoms with Crippen LogP contribution in [0, 0.1) is 6.20 Å². The molecule has 53 valence electrons. The average molecular weight is 147 g/mol. The standard InChI is InChI=1S/C7H3N2O2/c10-6-4-9-5-2-1-3-8-7(5)11-6/h1-2,4H. The van der Waals surface area contributed by atoms with Gasteiger partial charge >= 0.3 is 5.63 Å². The van der Waals surface area contributed by atoms with Crippen molar-refractivity contribution in [2.45, 2.75) is 0 Å². The van der Waals surface area contributed by atoms with E-state index < -0.39 is 5.63 Å². The molecule has 0 aliphatic rings. The maximum atomic E-state index is 10.6. The fraction of sp³-hybridized carbons (Fsp3) is 0. The topological polar surface area (TPSA) is 56.0 Å². The summed E-state index contributed by atoms with van der Waals surface area (Å²) in [5.74, 6) is 0. The van der Waals surface area contributed by atoms with Crippen LogP contribution in [0.5, 0.6) is 0 Å². The molecule has 0 saturated carbocycles. The molecule has 0 aliphatic heterocycles. The third-order valence-electron chi connectivity index (χ3n) is 1.21. The Balaban J connectivity index is 2.94. The van der Waals surface area contributed by atoms with Gasteiger partial charge in [-0.05, 0) is 12.1 Å². The molecule has 0 bridgehead atoms. The maximum absolute atomic E-state index is 10.6. The molecule has 2 aromatic rings. The van der Waals surface area contributed by atoms with Crippen molar-refractivity contribution in [1.82, 2.24) is 9.97 Å². The van der Waals surface area contributed by atoms with Gasteiger partial charge in [0.05, 0.1) is 6.20 Å². The van der Waals surface area contributed by atoms with Gasteiger partial charge in [0, 0.05) is 0 Å². The van der Waals surface area contributed by atoms with Crippen LogP contribution in [0.15, 0.2) is 27.5 Å². The van der Waals surface area contributed by atoms with E-state index in [9.17, 15) is 4.79 Å². The normalized spacial score (nSPS) is 10.2. The van der Waals surface area contributed by atoms with Crippen LogP contribution in [-0.4, -0.2) is 9.97 Å². The van der Waals surface area contributed by atoms with Gasteiger partial charge in [-0.3, -0.25) is 0 Å². The van der Waals surface area contributed by atoms with E-state index in [-0.39, 0.29) is 5.71 Å². The zero-order valence-electron chi connectivity index (χ0n) is 5.44. The molecule has 0 fully saturated rings. The van der Waals surface area contributed by atoms with Crippen LogP contribution in [0.25, 0.3) is 11.2 Å². The van der Waals surface area contributed by atoms with Gasteiger partial charge in [-0.2, -0.15) is 0 Å². The molecule has 1 radical (unpaired) electrons. The first-order valence-corrected chi connectivity index (χ1v) is 2.99. The van der Waals surface area contributed by atoms with Crippen LogP contribution in [0.1, 0.15) is 0 Å². The van der Waals surface area contributed by atoms with Crippen LogP contribution in [-0.2, 0) is 0 Å². The highest BCUT2D eigenvalue weighted by molar-refractivity contribution is 5.65. The van der Waals surface area contributed by atoms with E-state index in [0.717, 1.165) is 6.20 Å². The van der Waals surface area contributed by atoms with Crippen LogP contribution < -0.4 is 5.63 Å². The SMILES string of the molecule is O=c1cnc2cc[c]nc2o1. The van der Waals surface area contributed by atoms with Gasteiger partial charge in [-0.25, -0.2) is 14.8 Å². The van der Waals surface area contributed by atoms with Crippen molar-refractivity contribution in [2.24, 2.45) is 0 Å². The van der Waals surface area contributed by atoms with E-state index >= 15 is 0 Å². The van der Waals surface area contributed by atoms with E-state index in [1.807, 2.05) is 0 Å². The summed E-state index contributed by atoms with van der Waals surface area (Å²) in [7, 11) is 0. The number of aromatic nitrogens is 2. The first kappa shape index (κ1) is 6.03. The summed E-state index contributed by atoms with van der Waals surface area (Å²) in [5.41, 5.74) is 0.285. The van der Waals surface area contributed by atoms with Crippen molar-refractivity contribution < 1.29 is 4.42 Å². The van der Waals surface area contributed by atoms with Crippen molar-refractivity contribution in [3.05, 3.63) is 34.9 Å². The number of fused-ring (bicyclic) bond motifs is 1. The zero-order chi connectivity index (χ0) is 7.68. The van der Waals surface area contributed by atoms with Crippen molar-refractivity contribution in [3.8, 4) is 0 Å². The van der Waals surface area contributed by atoms with E-state index in [4.69, 9.17) is 4.42 Å². The molecule has 0 spiro atoms. The summed E-state index contributed by atoms with van der Waals surface area (Å²) in [5, 5.41) is 0. The highest BCUT2D eigenvalue weighted by Crippen LogP contribution is 2.01. The largest absolute Gasteiger partial charge is 0.401 e. The molecule has 4 heteroatoms. The van der Waals surface area contributed by atoms with Gasteiger partial charge in [0.25, 0.3) is 0 Å². The fourth-order valence-electron chi connectivity index (χ4n) is 0.758. The molecular formula is C7H3N2O2. The fourth-order valence-corrected chi connectivity index (χ4v) is 0.758. The van der Waals surface area contributed by atoms with Crippen LogP contribution in [0.2, 0.25) is 0 Å². The lowest BCUT2D eigenvalue weighted by atomic mass is 10.4. The van der Waals surface area contributed by atoms with Gasteiger partial charge < -0.3 is 4.42 Å². The monoisotopic (exact) mass is 147 g/mol. The summed E-state index contributed by atoms with van der Waals surface area (Å²) in [4.78, 5) is 18.1. The van der Waals surface area contributed by atoms with Crippen LogP contribution in [0.4, 0.5) is 0 Å². The molecule has 2 rings (SSSR count). The van der Waals surface area contributed by atoms with Gasteiger partial charge in [0.15, 0.2) is 0 Å². The Morgan fingerprint density at radius 3 is 3.36 bits per heavy atom. The minimum absolute atomic E-state index is 0.222. The average Bonchev–Trinajstić information content (AvgIpc) is 2.04. The lowest BCUT2D eigenvalue weighted by molar-refractivity contribution is 0.543. The molecule has 11 heavy (non-hydrogen) atoms. The van der Waals surface area contributed by atoms with E-state index in [2.05, 4.69) is 16.2 Å². The second-order valence-electron chi connectivity index (χ2n) is 1.94. The Morgan fingerprint density at radius 2 is 2.45 bits per heavy atom. The Kier molecular flexibility index (Phi) is 1.18. The molecule has 0 saturated heterocycles. The van der Waals surface area contributed by atoms with E-state index in [0.29, 0.717) is 5.52 Å². The molecule has 0 aliphatic carbocycles. The molecule has 0 unspecified atom stereocenters. The summed E-state index contributed by atoms with van der Waals surface area (Å²) < 4.78 is 4.70. The molecule has 0 amide bonds. The Labute approximate surface area is 61.5 Å². The summed E-state index contributed by atoms with van der Waals surface area (Å²) in [6, 6.07) is 3.28. The number of pyridine rings is 1. The van der Waals surface area contributed by atoms with Crippen molar-refractivity contribution in [2.75, 3.05) is 0 Å². The van der Waals surface area contributed by atoms with E-state index in [1.54, 1.807) is 12.1 Å². The highest BCUT2D eigenvalue weighted by atomic mass is 16.4. The molecular weight excluding hydrogens is 144 g/mol. The highest BCUT2D eigenvalue weighted by Gasteiger charge is 1.95. The number of nitrogens with zero attached hydrogens (tertiary/aromatic N) is 2. The molecule has 4 nitrogen and oxygen atoms in total. The predicted octanol–water partition coefficient (Wildman–Crippen LogP) is 0.383. The first-order valence-electron chi connectivity index (χ1n) is 2.99. The second kappa shape index (κ2) is 2.16. The Bertz CT molecular complexity index is 435. The smallest absolute Gasteiger partial charge is 0.356 e. The van der Waals surface area contributed by atoms with Gasteiger partial charge in [0.1, 0.15) is 11.7 Å². The summed E-state index contributed by atoms with van der Waals surface area (Å²) >= 11 is 0. The second-order valence-corrected chi connectivity index (χ2v) is 1.94. The minimum Gasteiger partial charge on any atom is -0.401 e. The van der Waals surface area contributed by atoms with Crippen LogP contribution >= 0.6 is 0 Å². The minimum atomic E-state index is -0.496. The summed E-state index contributed by atoms with van der Waals surface area (Å²) in [6.07, 6.45) is 3.66. The molecule has 2 aromatic heterocycles. The van der Waals surface area contributed by atoms with Gasteiger partial charge in [0.2, 0.25) is 5.71 Å². The Morgan fingerprint density at radius 1 is 1.55 bits per heavy atom. The number of hydrogen-bond acceptors (Lipinski definition) is 4. The third-order valence-corrected chi connectivity index (χ3v) is 1.21. The van der Waals surface area contributed by atoms with Crippen LogP contribution in [0.3, 0.4) is 0 Å². The first-order chi connectivity index (χ1) is 5.36. The van der Waals surface area contributed by atoms with Crippen molar-refractivity contribution in [3.63, 3.8) is 0 Å². The molecule has 2 heterocycles. The van der Waals surface area contributed by atoms with E-state index in [1.165, 1.54) is 0 Å². The molecule has 0 N–H and O–H groups in total. The summed E-state index contributed by atoms with van der Waals surface area (Å²) in [6.45, 7) is 0. The van der Waals surface area contributed by atoms with Gasteiger partial charge in [-0.1, -0.05) is 0 Å². The van der Waals surface area contributed by atoms with Crippen molar-refractivity contribution in [1.29, 1.82) is 0 Å². The lowest BCUT2D eigenvalue weighted by Gasteiger charge is -1.88. The Hall–Kier alpha value is -1.71. The third kappa shape index (κ3) is 0.980. The molecule has 0 aromatic carbocycles.